The van der Waals surface area contributed by atoms with Gasteiger partial charge in [-0.3, -0.25) is 0 Å². The fourth-order valence-corrected chi connectivity index (χ4v) is 11.5. The maximum absolute atomic E-state index is 2.49. The van der Waals surface area contributed by atoms with Crippen molar-refractivity contribution in [3.8, 4) is 5.69 Å². The van der Waals surface area contributed by atoms with Crippen LogP contribution in [0.2, 0.25) is 0 Å². The van der Waals surface area contributed by atoms with Gasteiger partial charge in [0.15, 0.2) is 0 Å². The van der Waals surface area contributed by atoms with Crippen molar-refractivity contribution in [1.82, 2.24) is 4.57 Å². The van der Waals surface area contributed by atoms with Gasteiger partial charge in [-0.05, 0) is 81.7 Å². The third-order valence-corrected chi connectivity index (χ3v) is 13.6. The summed E-state index contributed by atoms with van der Waals surface area (Å²) < 4.78 is 2.41. The molecule has 4 heteroatoms. The second kappa shape index (κ2) is 12.4. The second-order valence-electron chi connectivity index (χ2n) is 16.3. The molecule has 0 unspecified atom stereocenters. The Morgan fingerprint density at radius 3 is 1.42 bits per heavy atom. The average molecular weight is 747 g/mol. The van der Waals surface area contributed by atoms with Gasteiger partial charge in [-0.15, -0.1) is 0 Å². The third kappa shape index (κ3) is 4.33. The zero-order chi connectivity index (χ0) is 38.7. The molecule has 13 rings (SSSR count). The molecule has 0 aliphatic carbocycles. The Morgan fingerprint density at radius 1 is 0.322 bits per heavy atom. The highest BCUT2D eigenvalue weighted by Crippen LogP contribution is 2.49. The van der Waals surface area contributed by atoms with Crippen molar-refractivity contribution in [1.29, 1.82) is 0 Å². The molecule has 0 N–H and O–H groups in total. The van der Waals surface area contributed by atoms with Gasteiger partial charge >= 0.3 is 0 Å². The van der Waals surface area contributed by atoms with E-state index in [-0.39, 0.29) is 13.4 Å². The van der Waals surface area contributed by atoms with E-state index in [2.05, 4.69) is 228 Å². The minimum Gasteiger partial charge on any atom is -0.312 e. The molecule has 0 radical (unpaired) electrons. The van der Waals surface area contributed by atoms with Gasteiger partial charge in [-0.1, -0.05) is 192 Å². The second-order valence-corrected chi connectivity index (χ2v) is 16.3. The van der Waals surface area contributed by atoms with Crippen molar-refractivity contribution >= 4 is 85.1 Å². The summed E-state index contributed by atoms with van der Waals surface area (Å²) in [6, 6.07) is 81.9. The zero-order valence-electron chi connectivity index (χ0n) is 32.3. The quantitative estimate of drug-likeness (QED) is 0.165. The summed E-state index contributed by atoms with van der Waals surface area (Å²) in [4.78, 5) is 2.49. The Labute approximate surface area is 344 Å². The summed E-state index contributed by atoms with van der Waals surface area (Å²) in [5, 5.41) is 2.56. The molecule has 59 heavy (non-hydrogen) atoms. The van der Waals surface area contributed by atoms with E-state index in [0.717, 1.165) is 0 Å². The molecule has 4 heterocycles. The molecule has 0 saturated carbocycles. The van der Waals surface area contributed by atoms with Gasteiger partial charge in [0, 0.05) is 33.5 Å². The normalized spacial score (nSPS) is 14.1. The molecular formula is C55H36B2N2. The molecule has 272 valence electrons. The standard InChI is InChI=1S/C55H36B2N2/c1-2-17-38(18-3-1)59-52-31-15-12-28-49(52)57-48-27-11-8-23-44(48)55(45-24-16-32-53(59)54(45)57)42-21-6-9-25-46(42)56(47-26-10-7-22-43(47)55)37-33-35-39(36-34-37)58-50-29-13-4-19-40(50)41-20-5-14-30-51(41)58/h1-36H. The summed E-state index contributed by atoms with van der Waals surface area (Å²) in [6.07, 6.45) is 0. The Bertz CT molecular complexity index is 3210. The predicted octanol–water partition coefficient (Wildman–Crippen LogP) is 8.61. The van der Waals surface area contributed by atoms with Crippen molar-refractivity contribution < 1.29 is 0 Å². The number of anilines is 3. The number of rotatable bonds is 3. The predicted molar refractivity (Wildman–Crippen MR) is 250 cm³/mol. The number of nitrogens with zero attached hydrogens (tertiary/aromatic N) is 2. The lowest BCUT2D eigenvalue weighted by molar-refractivity contribution is 0.757. The van der Waals surface area contributed by atoms with Gasteiger partial charge in [0.1, 0.15) is 0 Å². The Morgan fingerprint density at radius 2 is 0.797 bits per heavy atom. The van der Waals surface area contributed by atoms with Crippen LogP contribution < -0.4 is 37.7 Å². The molecule has 0 saturated heterocycles. The Balaban J connectivity index is 1.06. The van der Waals surface area contributed by atoms with E-state index >= 15 is 0 Å². The van der Waals surface area contributed by atoms with E-state index in [9.17, 15) is 0 Å². The topological polar surface area (TPSA) is 8.17 Å². The summed E-state index contributed by atoms with van der Waals surface area (Å²) >= 11 is 0. The number of para-hydroxylation sites is 4. The highest BCUT2D eigenvalue weighted by Gasteiger charge is 2.55. The SMILES string of the molecule is c1ccc(N2c3ccccc3B3c4ccccc4C4(c5ccccc5B(c5ccc(-n6c7ccccc7c7ccccc76)cc5)c5ccccc54)c4cccc2c43)cc1. The first-order valence-corrected chi connectivity index (χ1v) is 20.8. The van der Waals surface area contributed by atoms with Crippen molar-refractivity contribution in [3.05, 3.63) is 241 Å². The van der Waals surface area contributed by atoms with Crippen LogP contribution in [-0.4, -0.2) is 18.0 Å². The summed E-state index contributed by atoms with van der Waals surface area (Å²) in [7, 11) is 0. The van der Waals surface area contributed by atoms with E-state index < -0.39 is 5.41 Å². The molecule has 0 bridgehead atoms. The molecule has 9 aromatic carbocycles. The van der Waals surface area contributed by atoms with E-state index in [4.69, 9.17) is 0 Å². The maximum Gasteiger partial charge on any atom is 0.247 e. The first-order valence-electron chi connectivity index (χ1n) is 20.8. The van der Waals surface area contributed by atoms with Crippen molar-refractivity contribution in [2.45, 2.75) is 5.41 Å². The van der Waals surface area contributed by atoms with E-state index in [1.54, 1.807) is 0 Å². The minimum absolute atomic E-state index is 0.0613. The van der Waals surface area contributed by atoms with Gasteiger partial charge in [0.2, 0.25) is 13.4 Å². The lowest BCUT2D eigenvalue weighted by Gasteiger charge is -2.51. The fourth-order valence-electron chi connectivity index (χ4n) is 11.5. The smallest absolute Gasteiger partial charge is 0.247 e. The Kier molecular flexibility index (Phi) is 6.86. The van der Waals surface area contributed by atoms with Gasteiger partial charge in [0.25, 0.3) is 0 Å². The van der Waals surface area contributed by atoms with Crippen LogP contribution in [0, 0.1) is 0 Å². The number of fused-ring (bicyclic) bond motifs is 13. The largest absolute Gasteiger partial charge is 0.312 e. The van der Waals surface area contributed by atoms with Crippen LogP contribution in [0.3, 0.4) is 0 Å². The lowest BCUT2D eigenvalue weighted by Crippen LogP contribution is -2.69. The molecular weight excluding hydrogens is 710 g/mol. The van der Waals surface area contributed by atoms with Crippen LogP contribution in [0.1, 0.15) is 22.3 Å². The highest BCUT2D eigenvalue weighted by molar-refractivity contribution is 6.99. The van der Waals surface area contributed by atoms with Crippen LogP contribution >= 0.6 is 0 Å². The van der Waals surface area contributed by atoms with Crippen LogP contribution in [0.5, 0.6) is 0 Å². The van der Waals surface area contributed by atoms with Crippen LogP contribution in [0.4, 0.5) is 17.1 Å². The van der Waals surface area contributed by atoms with Crippen LogP contribution in [-0.2, 0) is 5.41 Å². The van der Waals surface area contributed by atoms with Crippen molar-refractivity contribution in [2.24, 2.45) is 0 Å². The lowest BCUT2D eigenvalue weighted by atomic mass is 9.25. The number of hydrogen-bond donors (Lipinski definition) is 0. The summed E-state index contributed by atoms with van der Waals surface area (Å²) in [5.74, 6) is 0. The van der Waals surface area contributed by atoms with E-state index in [1.165, 1.54) is 99.6 Å². The maximum atomic E-state index is 2.49. The fraction of sp³-hybridized carbons (Fsp3) is 0.0182. The Hall–Kier alpha value is -7.29. The highest BCUT2D eigenvalue weighted by atomic mass is 15.1. The monoisotopic (exact) mass is 746 g/mol. The molecule has 1 aromatic heterocycles. The summed E-state index contributed by atoms with van der Waals surface area (Å²) in [5.41, 5.74) is 20.4. The molecule has 0 atom stereocenters. The van der Waals surface area contributed by atoms with E-state index in [1.807, 2.05) is 0 Å². The van der Waals surface area contributed by atoms with Gasteiger partial charge < -0.3 is 9.47 Å². The van der Waals surface area contributed by atoms with Gasteiger partial charge in [-0.2, -0.15) is 0 Å². The summed E-state index contributed by atoms with van der Waals surface area (Å²) in [6.45, 7) is 0.163. The minimum atomic E-state index is -0.528. The van der Waals surface area contributed by atoms with Gasteiger partial charge in [-0.25, -0.2) is 0 Å². The molecule has 0 amide bonds. The molecule has 3 aliphatic heterocycles. The van der Waals surface area contributed by atoms with Gasteiger partial charge in [0.05, 0.1) is 16.4 Å². The third-order valence-electron chi connectivity index (χ3n) is 13.6. The zero-order valence-corrected chi connectivity index (χ0v) is 32.3. The number of benzene rings is 9. The molecule has 0 fully saturated rings. The first kappa shape index (κ1) is 32.8. The van der Waals surface area contributed by atoms with Crippen LogP contribution in [0.15, 0.2) is 218 Å². The molecule has 1 spiro atoms. The number of hydrogen-bond acceptors (Lipinski definition) is 1. The van der Waals surface area contributed by atoms with Crippen molar-refractivity contribution in [2.75, 3.05) is 4.90 Å². The first-order chi connectivity index (χ1) is 29.3. The van der Waals surface area contributed by atoms with Crippen LogP contribution in [0.25, 0.3) is 27.5 Å². The van der Waals surface area contributed by atoms with Crippen molar-refractivity contribution in [3.63, 3.8) is 0 Å². The number of aromatic nitrogens is 1. The van der Waals surface area contributed by atoms with E-state index in [0.29, 0.717) is 0 Å². The molecule has 3 aliphatic rings. The molecule has 10 aromatic rings. The average Bonchev–Trinajstić information content (AvgIpc) is 3.65. The molecule has 2 nitrogen and oxygen atoms in total.